The Morgan fingerprint density at radius 1 is 1.29 bits per heavy atom. The lowest BCUT2D eigenvalue weighted by molar-refractivity contribution is 0.102. The Hall–Kier alpha value is -1.46. The molecule has 1 aromatic carbocycles. The first-order chi connectivity index (χ1) is 10.1. The SMILES string of the molecule is CCC(C)C(C)NCC(O)COc1ccc2c(c1)OCO2. The molecule has 1 aliphatic rings. The van der Waals surface area contributed by atoms with Crippen molar-refractivity contribution in [2.45, 2.75) is 39.3 Å². The molecule has 0 aromatic heterocycles. The third-order valence-electron chi connectivity index (χ3n) is 3.96. The molecule has 0 aliphatic carbocycles. The maximum atomic E-state index is 9.96. The molecule has 0 saturated heterocycles. The van der Waals surface area contributed by atoms with E-state index >= 15 is 0 Å². The van der Waals surface area contributed by atoms with Gasteiger partial charge in [0.25, 0.3) is 0 Å². The van der Waals surface area contributed by atoms with Crippen molar-refractivity contribution in [2.75, 3.05) is 19.9 Å². The molecule has 1 aliphatic heterocycles. The van der Waals surface area contributed by atoms with Crippen LogP contribution in [0.2, 0.25) is 0 Å². The van der Waals surface area contributed by atoms with Gasteiger partial charge in [-0.05, 0) is 25.0 Å². The number of rotatable bonds is 8. The molecule has 21 heavy (non-hydrogen) atoms. The van der Waals surface area contributed by atoms with Gasteiger partial charge in [-0.25, -0.2) is 0 Å². The van der Waals surface area contributed by atoms with Crippen LogP contribution in [0.4, 0.5) is 0 Å². The quantitative estimate of drug-likeness (QED) is 0.770. The van der Waals surface area contributed by atoms with Crippen LogP contribution >= 0.6 is 0 Å². The van der Waals surface area contributed by atoms with Crippen molar-refractivity contribution in [1.82, 2.24) is 5.32 Å². The van der Waals surface area contributed by atoms with Crippen molar-refractivity contribution in [3.8, 4) is 17.2 Å². The normalized spacial score (nSPS) is 17.3. The molecule has 1 aromatic rings. The van der Waals surface area contributed by atoms with Crippen molar-refractivity contribution < 1.29 is 19.3 Å². The van der Waals surface area contributed by atoms with Crippen molar-refractivity contribution in [2.24, 2.45) is 5.92 Å². The molecule has 2 rings (SSSR count). The summed E-state index contributed by atoms with van der Waals surface area (Å²) in [6, 6.07) is 5.79. The first-order valence-electron chi connectivity index (χ1n) is 7.54. The van der Waals surface area contributed by atoms with Gasteiger partial charge in [-0.2, -0.15) is 0 Å². The molecule has 3 atom stereocenters. The van der Waals surface area contributed by atoms with Gasteiger partial charge >= 0.3 is 0 Å². The highest BCUT2D eigenvalue weighted by Crippen LogP contribution is 2.35. The molecule has 2 N–H and O–H groups in total. The zero-order chi connectivity index (χ0) is 15.2. The lowest BCUT2D eigenvalue weighted by Crippen LogP contribution is -2.39. The fraction of sp³-hybridized carbons (Fsp3) is 0.625. The number of benzene rings is 1. The maximum Gasteiger partial charge on any atom is 0.231 e. The molecule has 0 saturated carbocycles. The zero-order valence-corrected chi connectivity index (χ0v) is 13.0. The summed E-state index contributed by atoms with van der Waals surface area (Å²) in [4.78, 5) is 0. The molecule has 118 valence electrons. The second kappa shape index (κ2) is 7.52. The monoisotopic (exact) mass is 295 g/mol. The highest BCUT2D eigenvalue weighted by molar-refractivity contribution is 5.46. The van der Waals surface area contributed by atoms with Crippen LogP contribution in [-0.4, -0.2) is 37.2 Å². The van der Waals surface area contributed by atoms with E-state index in [0.29, 0.717) is 30.0 Å². The van der Waals surface area contributed by atoms with Crippen LogP contribution in [-0.2, 0) is 0 Å². The fourth-order valence-corrected chi connectivity index (χ4v) is 2.09. The van der Waals surface area contributed by atoms with Crippen LogP contribution in [0.3, 0.4) is 0 Å². The summed E-state index contributed by atoms with van der Waals surface area (Å²) in [5.74, 6) is 2.68. The summed E-state index contributed by atoms with van der Waals surface area (Å²) >= 11 is 0. The molecular formula is C16H25NO4. The number of ether oxygens (including phenoxy) is 3. The third-order valence-corrected chi connectivity index (χ3v) is 3.96. The Bertz CT molecular complexity index is 452. The van der Waals surface area contributed by atoms with Gasteiger partial charge in [-0.1, -0.05) is 20.3 Å². The van der Waals surface area contributed by atoms with Gasteiger partial charge in [0.1, 0.15) is 18.5 Å². The predicted octanol–water partition coefficient (Wildman–Crippen LogP) is 2.18. The summed E-state index contributed by atoms with van der Waals surface area (Å²) < 4.78 is 16.1. The number of nitrogens with one attached hydrogen (secondary N) is 1. The van der Waals surface area contributed by atoms with E-state index in [1.54, 1.807) is 6.07 Å². The highest BCUT2D eigenvalue weighted by Gasteiger charge is 2.15. The summed E-state index contributed by atoms with van der Waals surface area (Å²) in [5.41, 5.74) is 0. The third kappa shape index (κ3) is 4.51. The van der Waals surface area contributed by atoms with Gasteiger partial charge in [0.2, 0.25) is 6.79 Å². The number of hydrogen-bond acceptors (Lipinski definition) is 5. The Morgan fingerprint density at radius 3 is 2.81 bits per heavy atom. The van der Waals surface area contributed by atoms with E-state index in [9.17, 15) is 5.11 Å². The first kappa shape index (κ1) is 15.9. The Balaban J connectivity index is 1.72. The second-order valence-corrected chi connectivity index (χ2v) is 5.56. The second-order valence-electron chi connectivity index (χ2n) is 5.56. The average Bonchev–Trinajstić information content (AvgIpc) is 2.97. The standard InChI is InChI=1S/C16H25NO4/c1-4-11(2)12(3)17-8-13(18)9-19-14-5-6-15-16(7-14)21-10-20-15/h5-7,11-13,17-18H,4,8-10H2,1-3H3. The Kier molecular flexibility index (Phi) is 5.70. The highest BCUT2D eigenvalue weighted by atomic mass is 16.7. The Morgan fingerprint density at radius 2 is 2.05 bits per heavy atom. The van der Waals surface area contributed by atoms with Gasteiger partial charge in [0, 0.05) is 18.7 Å². The first-order valence-corrected chi connectivity index (χ1v) is 7.54. The lowest BCUT2D eigenvalue weighted by Gasteiger charge is -2.22. The molecule has 0 radical (unpaired) electrons. The van der Waals surface area contributed by atoms with Gasteiger partial charge in [-0.3, -0.25) is 0 Å². The van der Waals surface area contributed by atoms with Crippen molar-refractivity contribution in [3.63, 3.8) is 0 Å². The van der Waals surface area contributed by atoms with Crippen LogP contribution in [0.1, 0.15) is 27.2 Å². The van der Waals surface area contributed by atoms with Gasteiger partial charge in [-0.15, -0.1) is 0 Å². The molecule has 1 heterocycles. The fourth-order valence-electron chi connectivity index (χ4n) is 2.09. The van der Waals surface area contributed by atoms with E-state index in [4.69, 9.17) is 14.2 Å². The molecule has 0 amide bonds. The van der Waals surface area contributed by atoms with Crippen LogP contribution in [0.25, 0.3) is 0 Å². The van der Waals surface area contributed by atoms with Crippen LogP contribution in [0, 0.1) is 5.92 Å². The van der Waals surface area contributed by atoms with E-state index < -0.39 is 6.10 Å². The maximum absolute atomic E-state index is 9.96. The number of aliphatic hydroxyl groups excluding tert-OH is 1. The van der Waals surface area contributed by atoms with Crippen molar-refractivity contribution in [1.29, 1.82) is 0 Å². The van der Waals surface area contributed by atoms with Gasteiger partial charge < -0.3 is 24.6 Å². The molecule has 0 bridgehead atoms. The predicted molar refractivity (Wildman–Crippen MR) is 81.0 cm³/mol. The molecule has 0 spiro atoms. The topological polar surface area (TPSA) is 60.0 Å². The summed E-state index contributed by atoms with van der Waals surface area (Å²) in [6.07, 6.45) is 0.583. The summed E-state index contributed by atoms with van der Waals surface area (Å²) in [7, 11) is 0. The zero-order valence-electron chi connectivity index (χ0n) is 13.0. The summed E-state index contributed by atoms with van der Waals surface area (Å²) in [5, 5.41) is 13.3. The number of aliphatic hydroxyl groups is 1. The van der Waals surface area contributed by atoms with Crippen LogP contribution in [0.15, 0.2) is 18.2 Å². The molecule has 5 heteroatoms. The van der Waals surface area contributed by atoms with Crippen molar-refractivity contribution in [3.05, 3.63) is 18.2 Å². The molecular weight excluding hydrogens is 270 g/mol. The van der Waals surface area contributed by atoms with E-state index in [-0.39, 0.29) is 13.4 Å². The number of fused-ring (bicyclic) bond motifs is 1. The lowest BCUT2D eigenvalue weighted by atomic mass is 10.0. The molecule has 3 unspecified atom stereocenters. The minimum absolute atomic E-state index is 0.249. The molecule has 5 nitrogen and oxygen atoms in total. The molecule has 0 fully saturated rings. The average molecular weight is 295 g/mol. The minimum Gasteiger partial charge on any atom is -0.491 e. The van der Waals surface area contributed by atoms with Crippen molar-refractivity contribution >= 4 is 0 Å². The van der Waals surface area contributed by atoms with Gasteiger partial charge in [0.05, 0.1) is 0 Å². The van der Waals surface area contributed by atoms with Gasteiger partial charge in [0.15, 0.2) is 11.5 Å². The Labute approximate surface area is 126 Å². The smallest absolute Gasteiger partial charge is 0.231 e. The van der Waals surface area contributed by atoms with E-state index in [1.807, 2.05) is 12.1 Å². The van der Waals surface area contributed by atoms with E-state index in [0.717, 1.165) is 12.2 Å². The van der Waals surface area contributed by atoms with E-state index in [2.05, 4.69) is 26.1 Å². The number of hydrogen-bond donors (Lipinski definition) is 2. The van der Waals surface area contributed by atoms with E-state index in [1.165, 1.54) is 0 Å². The van der Waals surface area contributed by atoms with Crippen LogP contribution < -0.4 is 19.5 Å². The van der Waals surface area contributed by atoms with Crippen LogP contribution in [0.5, 0.6) is 17.2 Å². The largest absolute Gasteiger partial charge is 0.491 e. The summed E-state index contributed by atoms with van der Waals surface area (Å²) in [6.45, 7) is 7.53. The minimum atomic E-state index is -0.540.